The van der Waals surface area contributed by atoms with E-state index in [4.69, 9.17) is 0 Å². The normalized spacial score (nSPS) is 10.5. The van der Waals surface area contributed by atoms with Crippen molar-refractivity contribution >= 4 is 0 Å². The predicted molar refractivity (Wildman–Crippen MR) is 51.1 cm³/mol. The second-order valence-corrected chi connectivity index (χ2v) is 3.16. The van der Waals surface area contributed by atoms with Crippen molar-refractivity contribution in [3.05, 3.63) is 36.2 Å². The molecule has 0 atom stereocenters. The van der Waals surface area contributed by atoms with Gasteiger partial charge in [0.15, 0.2) is 0 Å². The lowest BCUT2D eigenvalue weighted by atomic mass is 10.2. The lowest BCUT2D eigenvalue weighted by Gasteiger charge is -2.01. The third-order valence-corrected chi connectivity index (χ3v) is 2.00. The van der Waals surface area contributed by atoms with E-state index in [1.165, 1.54) is 6.20 Å². The minimum Gasteiger partial charge on any atom is -0.334 e. The van der Waals surface area contributed by atoms with Crippen LogP contribution in [0, 0.1) is 12.9 Å². The molecule has 0 radical (unpaired) electrons. The van der Waals surface area contributed by atoms with Gasteiger partial charge in [-0.15, -0.1) is 0 Å². The quantitative estimate of drug-likeness (QED) is 0.645. The fraction of sp³-hybridized carbons (Fsp3) is 0.200. The molecular formula is C10H10FN3. The molecule has 0 amide bonds. The lowest BCUT2D eigenvalue weighted by Crippen LogP contribution is -1.95. The monoisotopic (exact) mass is 191 g/mol. The van der Waals surface area contributed by atoms with E-state index in [1.54, 1.807) is 16.7 Å². The highest BCUT2D eigenvalue weighted by Gasteiger charge is 2.10. The molecule has 0 aromatic carbocycles. The van der Waals surface area contributed by atoms with Crippen LogP contribution in [-0.4, -0.2) is 14.5 Å². The Labute approximate surface area is 81.2 Å². The molecule has 3 nitrogen and oxygen atoms in total. The maximum absolute atomic E-state index is 13.3. The number of halogens is 1. The van der Waals surface area contributed by atoms with Crippen molar-refractivity contribution in [2.75, 3.05) is 0 Å². The zero-order valence-electron chi connectivity index (χ0n) is 8.03. The Bertz CT molecular complexity index is 462. The summed E-state index contributed by atoms with van der Waals surface area (Å²) < 4.78 is 15.1. The maximum atomic E-state index is 13.3. The largest absolute Gasteiger partial charge is 0.334 e. The number of hydrogen-bond donors (Lipinski definition) is 0. The van der Waals surface area contributed by atoms with Crippen LogP contribution in [0.3, 0.4) is 0 Å². The van der Waals surface area contributed by atoms with Gasteiger partial charge >= 0.3 is 0 Å². The number of nitrogens with zero attached hydrogens (tertiary/aromatic N) is 3. The van der Waals surface area contributed by atoms with Crippen molar-refractivity contribution in [3.63, 3.8) is 0 Å². The predicted octanol–water partition coefficient (Wildman–Crippen LogP) is 1.93. The summed E-state index contributed by atoms with van der Waals surface area (Å²) in [6.45, 7) is 1.87. The van der Waals surface area contributed by atoms with E-state index in [9.17, 15) is 4.39 Å². The van der Waals surface area contributed by atoms with Crippen LogP contribution in [0.15, 0.2) is 24.5 Å². The van der Waals surface area contributed by atoms with E-state index in [-0.39, 0.29) is 0 Å². The first-order chi connectivity index (χ1) is 6.68. The average molecular weight is 191 g/mol. The van der Waals surface area contributed by atoms with Crippen LogP contribution in [0.2, 0.25) is 0 Å². The van der Waals surface area contributed by atoms with Gasteiger partial charge in [0, 0.05) is 19.4 Å². The molecule has 2 heterocycles. The third kappa shape index (κ3) is 1.39. The van der Waals surface area contributed by atoms with Crippen LogP contribution in [0.25, 0.3) is 11.4 Å². The molecule has 0 unspecified atom stereocenters. The standard InChI is InChI=1S/C10H10FN3/c1-7-6-14(2)10(13-7)8-4-3-5-12-9(8)11/h3-6H,1-2H3. The van der Waals surface area contributed by atoms with Crippen molar-refractivity contribution in [3.8, 4) is 11.4 Å². The number of imidazole rings is 1. The van der Waals surface area contributed by atoms with Crippen LogP contribution < -0.4 is 0 Å². The molecule has 0 aliphatic carbocycles. The van der Waals surface area contributed by atoms with Crippen LogP contribution in [-0.2, 0) is 7.05 Å². The van der Waals surface area contributed by atoms with Gasteiger partial charge < -0.3 is 4.57 Å². The van der Waals surface area contributed by atoms with Gasteiger partial charge in [-0.1, -0.05) is 0 Å². The van der Waals surface area contributed by atoms with Gasteiger partial charge in [0.2, 0.25) is 5.95 Å². The van der Waals surface area contributed by atoms with Gasteiger partial charge in [-0.3, -0.25) is 0 Å². The summed E-state index contributed by atoms with van der Waals surface area (Å²) >= 11 is 0. The first-order valence-electron chi connectivity index (χ1n) is 4.29. The van der Waals surface area contributed by atoms with Crippen LogP contribution >= 0.6 is 0 Å². The van der Waals surface area contributed by atoms with Gasteiger partial charge in [0.1, 0.15) is 5.82 Å². The second kappa shape index (κ2) is 3.21. The lowest BCUT2D eigenvalue weighted by molar-refractivity contribution is 0.585. The van der Waals surface area contributed by atoms with Gasteiger partial charge in [-0.05, 0) is 19.1 Å². The first-order valence-corrected chi connectivity index (χ1v) is 4.29. The summed E-state index contributed by atoms with van der Waals surface area (Å²) in [5.41, 5.74) is 1.30. The topological polar surface area (TPSA) is 30.7 Å². The molecule has 0 fully saturated rings. The summed E-state index contributed by atoms with van der Waals surface area (Å²) in [6.07, 6.45) is 3.27. The van der Waals surface area contributed by atoms with Crippen LogP contribution in [0.1, 0.15) is 5.69 Å². The number of aromatic nitrogens is 3. The van der Waals surface area contributed by atoms with Crippen LogP contribution in [0.4, 0.5) is 4.39 Å². The Morgan fingerprint density at radius 1 is 1.43 bits per heavy atom. The van der Waals surface area contributed by atoms with E-state index in [0.29, 0.717) is 11.4 Å². The first kappa shape index (κ1) is 8.87. The highest BCUT2D eigenvalue weighted by Crippen LogP contribution is 2.19. The fourth-order valence-electron chi connectivity index (χ4n) is 1.42. The molecule has 0 spiro atoms. The van der Waals surface area contributed by atoms with Gasteiger partial charge in [-0.25, -0.2) is 9.97 Å². The zero-order chi connectivity index (χ0) is 10.1. The Hall–Kier alpha value is -1.71. The molecule has 14 heavy (non-hydrogen) atoms. The van der Waals surface area contributed by atoms with Gasteiger partial charge in [0.05, 0.1) is 11.3 Å². The molecule has 2 aromatic heterocycles. The van der Waals surface area contributed by atoms with Crippen molar-refractivity contribution < 1.29 is 4.39 Å². The fourth-order valence-corrected chi connectivity index (χ4v) is 1.42. The number of rotatable bonds is 1. The molecule has 0 aliphatic heterocycles. The van der Waals surface area contributed by atoms with Gasteiger partial charge in [0.25, 0.3) is 0 Å². The average Bonchev–Trinajstić information content (AvgIpc) is 2.46. The molecule has 0 bridgehead atoms. The van der Waals surface area contributed by atoms with E-state index < -0.39 is 5.95 Å². The second-order valence-electron chi connectivity index (χ2n) is 3.16. The van der Waals surface area contributed by atoms with Crippen molar-refractivity contribution in [2.45, 2.75) is 6.92 Å². The summed E-state index contributed by atoms with van der Waals surface area (Å²) in [5, 5.41) is 0. The molecule has 0 aliphatic rings. The zero-order valence-corrected chi connectivity index (χ0v) is 8.03. The summed E-state index contributed by atoms with van der Waals surface area (Å²) in [7, 11) is 1.84. The molecule has 0 N–H and O–H groups in total. The minimum absolute atomic E-state index is 0.433. The maximum Gasteiger partial charge on any atom is 0.223 e. The number of pyridine rings is 1. The summed E-state index contributed by atoms with van der Waals surface area (Å²) in [6, 6.07) is 3.37. The summed E-state index contributed by atoms with van der Waals surface area (Å²) in [5.74, 6) is 0.120. The molecule has 4 heteroatoms. The Kier molecular flexibility index (Phi) is 2.04. The van der Waals surface area contributed by atoms with E-state index in [1.807, 2.05) is 20.2 Å². The molecular weight excluding hydrogens is 181 g/mol. The molecule has 0 saturated heterocycles. The SMILES string of the molecule is Cc1cn(C)c(-c2cccnc2F)n1. The van der Waals surface area contributed by atoms with Crippen molar-refractivity contribution in [1.82, 2.24) is 14.5 Å². The Morgan fingerprint density at radius 3 is 2.79 bits per heavy atom. The smallest absolute Gasteiger partial charge is 0.223 e. The van der Waals surface area contributed by atoms with E-state index >= 15 is 0 Å². The summed E-state index contributed by atoms with van der Waals surface area (Å²) in [4.78, 5) is 7.81. The highest BCUT2D eigenvalue weighted by molar-refractivity contribution is 5.55. The van der Waals surface area contributed by atoms with E-state index in [0.717, 1.165) is 5.69 Å². The number of hydrogen-bond acceptors (Lipinski definition) is 2. The molecule has 2 aromatic rings. The third-order valence-electron chi connectivity index (χ3n) is 2.00. The Balaban J connectivity index is 2.60. The van der Waals surface area contributed by atoms with Crippen molar-refractivity contribution in [2.24, 2.45) is 7.05 Å². The molecule has 2 rings (SSSR count). The van der Waals surface area contributed by atoms with Crippen molar-refractivity contribution in [1.29, 1.82) is 0 Å². The number of aryl methyl sites for hydroxylation is 2. The molecule has 0 saturated carbocycles. The molecule has 72 valence electrons. The van der Waals surface area contributed by atoms with Crippen LogP contribution in [0.5, 0.6) is 0 Å². The Morgan fingerprint density at radius 2 is 2.21 bits per heavy atom. The van der Waals surface area contributed by atoms with E-state index in [2.05, 4.69) is 9.97 Å². The minimum atomic E-state index is -0.485. The highest BCUT2D eigenvalue weighted by atomic mass is 19.1. The van der Waals surface area contributed by atoms with Gasteiger partial charge in [-0.2, -0.15) is 4.39 Å².